The van der Waals surface area contributed by atoms with E-state index in [1.807, 2.05) is 0 Å². The Kier molecular flexibility index (Phi) is 15.4. The predicted octanol–water partition coefficient (Wildman–Crippen LogP) is 18.9. The quantitative estimate of drug-likeness (QED) is 0.0760. The fraction of sp³-hybridized carbons (Fsp3) is 0.333. The molecule has 1 aliphatic rings. The maximum absolute atomic E-state index is 2.43. The number of fused-ring (bicyclic) bond motifs is 3. The molecule has 0 heterocycles. The number of benzene rings is 7. The highest BCUT2D eigenvalue weighted by atomic mass is 14.4. The summed E-state index contributed by atoms with van der Waals surface area (Å²) in [6.07, 6.45) is 18.1. The van der Waals surface area contributed by atoms with Gasteiger partial charge in [0.05, 0.1) is 0 Å². The van der Waals surface area contributed by atoms with Crippen LogP contribution in [0.3, 0.4) is 0 Å². The zero-order chi connectivity index (χ0) is 39.8. The highest BCUT2D eigenvalue weighted by Gasteiger charge is 2.33. The van der Waals surface area contributed by atoms with Gasteiger partial charge in [-0.1, -0.05) is 237 Å². The molecule has 0 radical (unpaired) electrons. The zero-order valence-electron chi connectivity index (χ0n) is 35.6. The maximum Gasteiger partial charge on any atom is -0.000719 e. The third-order valence-electron chi connectivity index (χ3n) is 12.7. The Hall–Kier alpha value is -5.20. The number of rotatable bonds is 18. The second-order valence-corrected chi connectivity index (χ2v) is 17.1. The van der Waals surface area contributed by atoms with E-state index < -0.39 is 0 Å². The first-order valence-electron chi connectivity index (χ1n) is 22.6. The molecule has 0 nitrogen and oxygen atoms in total. The minimum atomic E-state index is 0. The molecule has 60 heavy (non-hydrogen) atoms. The molecule has 0 amide bonds. The number of aryl methyl sites for hydroxylation is 4. The van der Waals surface area contributed by atoms with Gasteiger partial charge in [-0.05, 0) is 128 Å². The van der Waals surface area contributed by atoms with E-state index in [9.17, 15) is 0 Å². The molecule has 8 rings (SSSR count). The van der Waals surface area contributed by atoms with Crippen LogP contribution in [-0.4, -0.2) is 0 Å². The van der Waals surface area contributed by atoms with E-state index in [-0.39, 0.29) is 14.9 Å². The van der Waals surface area contributed by atoms with Crippen molar-refractivity contribution in [1.29, 1.82) is 0 Å². The normalized spacial score (nSPS) is 11.3. The van der Waals surface area contributed by atoms with Crippen LogP contribution in [0.1, 0.15) is 128 Å². The molecular formula is C60H70. The van der Waals surface area contributed by atoms with Crippen LogP contribution in [-0.2, 0) is 12.8 Å². The SMILES string of the molecule is C.C.CCCCCCCCc1ccc(-c2c(-c3ccc(CCCCCCCC)cc3)c(-c3ccc(C)cc3)c3c(c2-c2ccc(C)cc2)-c2cccc4cccc-3c24)cc1. The van der Waals surface area contributed by atoms with Crippen molar-refractivity contribution in [3.8, 4) is 66.8 Å². The Bertz CT molecular complexity index is 2270. The molecule has 0 heteroatoms. The van der Waals surface area contributed by atoms with Crippen molar-refractivity contribution in [2.75, 3.05) is 0 Å². The largest absolute Gasteiger partial charge is 0.0776 e. The third kappa shape index (κ3) is 9.39. The molecule has 0 bridgehead atoms. The van der Waals surface area contributed by atoms with E-state index in [0.717, 1.165) is 12.8 Å². The van der Waals surface area contributed by atoms with Crippen molar-refractivity contribution in [2.24, 2.45) is 0 Å². The lowest BCUT2D eigenvalue weighted by molar-refractivity contribution is 0.607. The summed E-state index contributed by atoms with van der Waals surface area (Å²) in [7, 11) is 0. The van der Waals surface area contributed by atoms with Gasteiger partial charge in [0.2, 0.25) is 0 Å². The number of hydrogen-bond acceptors (Lipinski definition) is 0. The summed E-state index contributed by atoms with van der Waals surface area (Å²) < 4.78 is 0. The van der Waals surface area contributed by atoms with Crippen molar-refractivity contribution < 1.29 is 0 Å². The minimum absolute atomic E-state index is 0. The molecule has 310 valence electrons. The van der Waals surface area contributed by atoms with Gasteiger partial charge in [0, 0.05) is 0 Å². The Balaban J connectivity index is 0.00000302. The predicted molar refractivity (Wildman–Crippen MR) is 267 cm³/mol. The van der Waals surface area contributed by atoms with Gasteiger partial charge in [-0.2, -0.15) is 0 Å². The summed E-state index contributed by atoms with van der Waals surface area (Å²) in [5.41, 5.74) is 21.3. The molecule has 0 aromatic heterocycles. The molecule has 0 saturated carbocycles. The summed E-state index contributed by atoms with van der Waals surface area (Å²) in [6.45, 7) is 9.00. The molecule has 7 aromatic rings. The molecule has 0 saturated heterocycles. The van der Waals surface area contributed by atoms with Gasteiger partial charge in [0.1, 0.15) is 0 Å². The van der Waals surface area contributed by atoms with Gasteiger partial charge in [0.15, 0.2) is 0 Å². The monoisotopic (exact) mass is 791 g/mol. The van der Waals surface area contributed by atoms with Crippen molar-refractivity contribution in [1.82, 2.24) is 0 Å². The van der Waals surface area contributed by atoms with Gasteiger partial charge < -0.3 is 0 Å². The Morgan fingerprint density at radius 3 is 1.00 bits per heavy atom. The van der Waals surface area contributed by atoms with Crippen molar-refractivity contribution in [3.63, 3.8) is 0 Å². The zero-order valence-corrected chi connectivity index (χ0v) is 35.6. The molecule has 0 spiro atoms. The first-order valence-corrected chi connectivity index (χ1v) is 22.6. The van der Waals surface area contributed by atoms with E-state index in [1.165, 1.54) is 177 Å². The topological polar surface area (TPSA) is 0 Å². The van der Waals surface area contributed by atoms with E-state index in [0.29, 0.717) is 0 Å². The number of hydrogen-bond donors (Lipinski definition) is 0. The fourth-order valence-electron chi connectivity index (χ4n) is 9.54. The first kappa shape index (κ1) is 44.4. The molecule has 1 aliphatic carbocycles. The van der Waals surface area contributed by atoms with Crippen molar-refractivity contribution in [3.05, 3.63) is 156 Å². The summed E-state index contributed by atoms with van der Waals surface area (Å²) in [5, 5.41) is 2.67. The van der Waals surface area contributed by atoms with E-state index in [2.05, 4.69) is 161 Å². The molecule has 0 unspecified atom stereocenters. The molecule has 0 N–H and O–H groups in total. The second-order valence-electron chi connectivity index (χ2n) is 17.1. The van der Waals surface area contributed by atoms with Crippen LogP contribution in [0.2, 0.25) is 0 Å². The van der Waals surface area contributed by atoms with E-state index >= 15 is 0 Å². The average molecular weight is 791 g/mol. The highest BCUT2D eigenvalue weighted by Crippen LogP contribution is 2.60. The van der Waals surface area contributed by atoms with Crippen LogP contribution in [0.25, 0.3) is 77.5 Å². The minimum Gasteiger partial charge on any atom is -0.0776 e. The summed E-state index contributed by atoms with van der Waals surface area (Å²) in [5.74, 6) is 0. The van der Waals surface area contributed by atoms with Crippen LogP contribution >= 0.6 is 0 Å². The Morgan fingerprint density at radius 1 is 0.317 bits per heavy atom. The van der Waals surface area contributed by atoms with Crippen molar-refractivity contribution in [2.45, 2.75) is 132 Å². The summed E-state index contributed by atoms with van der Waals surface area (Å²) in [6, 6.07) is 51.9. The standard InChI is InChI=1S/C58H62.2CH4/c1-5-7-9-11-13-15-19-43-29-37-48(38-30-43)53-54(49-39-31-44(32-40-49)20-16-14-12-10-8-6-2)56(47-35-27-42(4)28-36-47)58-51-24-18-22-45-21-17-23-50(52(45)51)57(58)55(53)46-33-25-41(3)26-34-46;;/h17-18,21-40H,5-16,19-20H2,1-4H3;2*1H4. The number of unbranched alkanes of at least 4 members (excludes halogenated alkanes) is 10. The van der Waals surface area contributed by atoms with Crippen LogP contribution in [0, 0.1) is 13.8 Å². The van der Waals surface area contributed by atoms with Crippen LogP contribution < -0.4 is 0 Å². The second kappa shape index (κ2) is 20.9. The highest BCUT2D eigenvalue weighted by molar-refractivity contribution is 6.25. The van der Waals surface area contributed by atoms with Crippen LogP contribution in [0.4, 0.5) is 0 Å². The Morgan fingerprint density at radius 2 is 0.633 bits per heavy atom. The molecule has 0 aliphatic heterocycles. The average Bonchev–Trinajstić information content (AvgIpc) is 3.59. The van der Waals surface area contributed by atoms with Gasteiger partial charge >= 0.3 is 0 Å². The molecule has 0 atom stereocenters. The van der Waals surface area contributed by atoms with Crippen LogP contribution in [0.5, 0.6) is 0 Å². The van der Waals surface area contributed by atoms with Gasteiger partial charge in [-0.15, -0.1) is 0 Å². The first-order chi connectivity index (χ1) is 28.6. The smallest absolute Gasteiger partial charge is 0.000719 e. The van der Waals surface area contributed by atoms with Gasteiger partial charge in [0.25, 0.3) is 0 Å². The lowest BCUT2D eigenvalue weighted by atomic mass is 9.76. The third-order valence-corrected chi connectivity index (χ3v) is 12.7. The lowest BCUT2D eigenvalue weighted by Gasteiger charge is -2.26. The molecular weight excluding hydrogens is 721 g/mol. The van der Waals surface area contributed by atoms with E-state index in [4.69, 9.17) is 0 Å². The lowest BCUT2D eigenvalue weighted by Crippen LogP contribution is -2.00. The van der Waals surface area contributed by atoms with Crippen LogP contribution in [0.15, 0.2) is 133 Å². The Labute approximate surface area is 364 Å². The summed E-state index contributed by atoms with van der Waals surface area (Å²) >= 11 is 0. The van der Waals surface area contributed by atoms with Gasteiger partial charge in [-0.25, -0.2) is 0 Å². The molecule has 7 aromatic carbocycles. The van der Waals surface area contributed by atoms with E-state index in [1.54, 1.807) is 0 Å². The fourth-order valence-corrected chi connectivity index (χ4v) is 9.54. The molecule has 0 fully saturated rings. The maximum atomic E-state index is 2.43. The summed E-state index contributed by atoms with van der Waals surface area (Å²) in [4.78, 5) is 0. The van der Waals surface area contributed by atoms with Gasteiger partial charge in [-0.3, -0.25) is 0 Å². The van der Waals surface area contributed by atoms with Crippen molar-refractivity contribution >= 4 is 10.8 Å².